The fourth-order valence-electron chi connectivity index (χ4n) is 2.62. The van der Waals surface area contributed by atoms with Crippen LogP contribution in [0.1, 0.15) is 25.1 Å². The van der Waals surface area contributed by atoms with Crippen LogP contribution in [0.2, 0.25) is 0 Å². The second-order valence-corrected chi connectivity index (χ2v) is 5.24. The Kier molecular flexibility index (Phi) is 3.74. The zero-order valence-corrected chi connectivity index (χ0v) is 12.2. The molecule has 0 aliphatic carbocycles. The largest absolute Gasteiger partial charge is 0.354 e. The van der Waals surface area contributed by atoms with E-state index in [0.29, 0.717) is 11.5 Å². The van der Waals surface area contributed by atoms with E-state index >= 15 is 0 Å². The lowest BCUT2D eigenvalue weighted by Crippen LogP contribution is -2.22. The average Bonchev–Trinajstić information content (AvgIpc) is 3.15. The summed E-state index contributed by atoms with van der Waals surface area (Å²) in [6.45, 7) is 3.11. The molecule has 3 heterocycles. The molecule has 22 heavy (non-hydrogen) atoms. The maximum atomic E-state index is 11.0. The van der Waals surface area contributed by atoms with E-state index in [1.165, 1.54) is 6.92 Å². The number of rotatable bonds is 3. The summed E-state index contributed by atoms with van der Waals surface area (Å²) in [6.07, 6.45) is 2.82. The highest BCUT2D eigenvalue weighted by atomic mass is 16.1. The predicted molar refractivity (Wildman–Crippen MR) is 81.3 cm³/mol. The van der Waals surface area contributed by atoms with Crippen LogP contribution in [-0.4, -0.2) is 33.8 Å². The fraction of sp³-hybridized carbons (Fsp3) is 0.333. The van der Waals surface area contributed by atoms with E-state index < -0.39 is 0 Å². The minimum Gasteiger partial charge on any atom is -0.354 e. The van der Waals surface area contributed by atoms with Crippen molar-refractivity contribution in [2.45, 2.75) is 19.4 Å². The van der Waals surface area contributed by atoms with E-state index in [-0.39, 0.29) is 11.9 Å². The number of carbonyl (C=O) groups is 1. The first-order valence-electron chi connectivity index (χ1n) is 7.10. The van der Waals surface area contributed by atoms with Crippen molar-refractivity contribution in [2.75, 3.05) is 23.3 Å². The van der Waals surface area contributed by atoms with E-state index in [4.69, 9.17) is 5.26 Å². The minimum absolute atomic E-state index is 0.129. The molecule has 0 spiro atoms. The highest BCUT2D eigenvalue weighted by Gasteiger charge is 2.25. The third kappa shape index (κ3) is 2.91. The maximum absolute atomic E-state index is 11.0. The van der Waals surface area contributed by atoms with E-state index in [9.17, 15) is 4.79 Å². The van der Waals surface area contributed by atoms with Crippen LogP contribution in [0.3, 0.4) is 0 Å². The van der Waals surface area contributed by atoms with Crippen LogP contribution in [0, 0.1) is 11.3 Å². The van der Waals surface area contributed by atoms with E-state index in [1.54, 1.807) is 12.1 Å². The first kappa shape index (κ1) is 14.1. The molecule has 2 aromatic heterocycles. The molecule has 0 bridgehead atoms. The lowest BCUT2D eigenvalue weighted by atomic mass is 10.3. The molecule has 1 atom stereocenters. The standard InChI is InChI=1S/C15H16N6O/c1-11(22)17-14-6-8-21(19-14)13-5-7-20(10-13)15-4-2-3-12(9-16)18-15/h2-4,6,8,13H,5,7,10H2,1H3,(H,17,19,22). The van der Waals surface area contributed by atoms with Crippen LogP contribution >= 0.6 is 0 Å². The molecule has 2 aromatic rings. The molecule has 1 saturated heterocycles. The third-order valence-electron chi connectivity index (χ3n) is 3.62. The van der Waals surface area contributed by atoms with Gasteiger partial charge in [0.2, 0.25) is 5.91 Å². The number of carbonyl (C=O) groups excluding carboxylic acids is 1. The van der Waals surface area contributed by atoms with Gasteiger partial charge in [0.25, 0.3) is 0 Å². The molecule has 1 aliphatic rings. The molecule has 0 aromatic carbocycles. The van der Waals surface area contributed by atoms with Gasteiger partial charge in [-0.1, -0.05) is 6.07 Å². The number of nitriles is 1. The van der Waals surface area contributed by atoms with Crippen molar-refractivity contribution in [3.8, 4) is 6.07 Å². The molecule has 1 unspecified atom stereocenters. The topological polar surface area (TPSA) is 86.8 Å². The highest BCUT2D eigenvalue weighted by molar-refractivity contribution is 5.87. The lowest BCUT2D eigenvalue weighted by Gasteiger charge is -2.17. The van der Waals surface area contributed by atoms with Crippen LogP contribution in [0.4, 0.5) is 11.6 Å². The number of hydrogen-bond acceptors (Lipinski definition) is 5. The summed E-state index contributed by atoms with van der Waals surface area (Å²) in [6, 6.07) is 9.54. The highest BCUT2D eigenvalue weighted by Crippen LogP contribution is 2.25. The first-order chi connectivity index (χ1) is 10.7. The van der Waals surface area contributed by atoms with Gasteiger partial charge in [-0.15, -0.1) is 0 Å². The Morgan fingerprint density at radius 3 is 3.09 bits per heavy atom. The SMILES string of the molecule is CC(=O)Nc1ccn(C2CCN(c3cccc(C#N)n3)C2)n1. The summed E-state index contributed by atoms with van der Waals surface area (Å²) in [5, 5.41) is 16.0. The predicted octanol–water partition coefficient (Wildman–Crippen LogP) is 1.56. The Morgan fingerprint density at radius 1 is 1.45 bits per heavy atom. The van der Waals surface area contributed by atoms with Gasteiger partial charge < -0.3 is 10.2 Å². The Hall–Kier alpha value is -2.88. The normalized spacial score (nSPS) is 17.3. The minimum atomic E-state index is -0.129. The molecular formula is C15H16N6O. The summed E-state index contributed by atoms with van der Waals surface area (Å²) < 4.78 is 1.87. The Labute approximate surface area is 128 Å². The molecule has 0 saturated carbocycles. The summed E-state index contributed by atoms with van der Waals surface area (Å²) in [5.41, 5.74) is 0.424. The Bertz CT molecular complexity index is 732. The zero-order chi connectivity index (χ0) is 15.5. The molecule has 1 N–H and O–H groups in total. The van der Waals surface area contributed by atoms with Crippen molar-refractivity contribution in [1.29, 1.82) is 5.26 Å². The van der Waals surface area contributed by atoms with E-state index in [2.05, 4.69) is 26.4 Å². The molecule has 7 nitrogen and oxygen atoms in total. The lowest BCUT2D eigenvalue weighted by molar-refractivity contribution is -0.114. The molecule has 7 heteroatoms. The number of amides is 1. The van der Waals surface area contributed by atoms with Crippen LogP contribution < -0.4 is 10.2 Å². The third-order valence-corrected chi connectivity index (χ3v) is 3.62. The van der Waals surface area contributed by atoms with Gasteiger partial charge in [0.15, 0.2) is 5.82 Å². The number of aromatic nitrogens is 3. The van der Waals surface area contributed by atoms with Gasteiger partial charge >= 0.3 is 0 Å². The first-order valence-corrected chi connectivity index (χ1v) is 7.10. The number of pyridine rings is 1. The van der Waals surface area contributed by atoms with Gasteiger partial charge in [-0.3, -0.25) is 9.48 Å². The van der Waals surface area contributed by atoms with Gasteiger partial charge in [0.05, 0.1) is 6.04 Å². The van der Waals surface area contributed by atoms with Gasteiger partial charge in [-0.25, -0.2) is 4.98 Å². The van der Waals surface area contributed by atoms with Crippen LogP contribution in [0.25, 0.3) is 0 Å². The molecule has 0 radical (unpaired) electrons. The Morgan fingerprint density at radius 2 is 2.32 bits per heavy atom. The summed E-state index contributed by atoms with van der Waals surface area (Å²) in [7, 11) is 0. The summed E-state index contributed by atoms with van der Waals surface area (Å²) >= 11 is 0. The van der Waals surface area contributed by atoms with Crippen molar-refractivity contribution in [3.05, 3.63) is 36.2 Å². The van der Waals surface area contributed by atoms with E-state index in [1.807, 2.05) is 23.0 Å². The zero-order valence-electron chi connectivity index (χ0n) is 12.2. The number of nitrogens with one attached hydrogen (secondary N) is 1. The van der Waals surface area contributed by atoms with Crippen LogP contribution in [-0.2, 0) is 4.79 Å². The maximum Gasteiger partial charge on any atom is 0.222 e. The second-order valence-electron chi connectivity index (χ2n) is 5.24. The molecule has 1 amide bonds. The summed E-state index contributed by atoms with van der Waals surface area (Å²) in [5.74, 6) is 1.25. The number of anilines is 2. The van der Waals surface area contributed by atoms with Crippen molar-refractivity contribution in [1.82, 2.24) is 14.8 Å². The second kappa shape index (κ2) is 5.85. The number of hydrogen-bond donors (Lipinski definition) is 1. The average molecular weight is 296 g/mol. The van der Waals surface area contributed by atoms with Gasteiger partial charge in [-0.2, -0.15) is 10.4 Å². The fourth-order valence-corrected chi connectivity index (χ4v) is 2.62. The van der Waals surface area contributed by atoms with Crippen molar-refractivity contribution in [2.24, 2.45) is 0 Å². The van der Waals surface area contributed by atoms with Gasteiger partial charge in [0.1, 0.15) is 17.6 Å². The van der Waals surface area contributed by atoms with Crippen LogP contribution in [0.15, 0.2) is 30.5 Å². The number of nitrogens with zero attached hydrogens (tertiary/aromatic N) is 5. The van der Waals surface area contributed by atoms with Crippen molar-refractivity contribution in [3.63, 3.8) is 0 Å². The van der Waals surface area contributed by atoms with Gasteiger partial charge in [-0.05, 0) is 18.6 Å². The smallest absolute Gasteiger partial charge is 0.222 e. The van der Waals surface area contributed by atoms with Gasteiger partial charge in [0, 0.05) is 32.3 Å². The monoisotopic (exact) mass is 296 g/mol. The molecule has 3 rings (SSSR count). The van der Waals surface area contributed by atoms with Crippen molar-refractivity contribution < 1.29 is 4.79 Å². The molecule has 112 valence electrons. The molecule has 1 aliphatic heterocycles. The quantitative estimate of drug-likeness (QED) is 0.928. The Balaban J connectivity index is 1.70. The van der Waals surface area contributed by atoms with Crippen LogP contribution in [0.5, 0.6) is 0 Å². The molecule has 1 fully saturated rings. The molecular weight excluding hydrogens is 280 g/mol. The summed E-state index contributed by atoms with van der Waals surface area (Å²) in [4.78, 5) is 17.5. The van der Waals surface area contributed by atoms with Crippen molar-refractivity contribution >= 4 is 17.5 Å². The van der Waals surface area contributed by atoms with E-state index in [0.717, 1.165) is 25.3 Å².